The van der Waals surface area contributed by atoms with E-state index in [2.05, 4.69) is 20.6 Å². The largest absolute Gasteiger partial charge is 0.457 e. The summed E-state index contributed by atoms with van der Waals surface area (Å²) in [4.78, 5) is 8.44. The second-order valence-electron chi connectivity index (χ2n) is 5.26. The van der Waals surface area contributed by atoms with Crippen LogP contribution in [0.1, 0.15) is 19.5 Å². The molecule has 0 bridgehead atoms. The average Bonchev–Trinajstić information content (AvgIpc) is 2.54. The second kappa shape index (κ2) is 10.1. The number of nitrogens with one attached hydrogen (secondary N) is 2. The maximum atomic E-state index is 12.9. The number of hydrogen-bond acceptors (Lipinski definition) is 3. The third-order valence-corrected chi connectivity index (χ3v) is 2.92. The van der Waals surface area contributed by atoms with Crippen molar-refractivity contribution in [2.24, 2.45) is 4.99 Å². The lowest BCUT2D eigenvalue weighted by Gasteiger charge is -2.14. The Kier molecular flexibility index (Phi) is 8.45. The van der Waals surface area contributed by atoms with Gasteiger partial charge in [-0.2, -0.15) is 0 Å². The number of pyridine rings is 1. The number of aliphatic imine (C=N–C) groups is 1. The first kappa shape index (κ1) is 20.1. The number of aromatic nitrogens is 1. The Morgan fingerprint density at radius 2 is 1.92 bits per heavy atom. The quantitative estimate of drug-likeness (QED) is 0.420. The SMILES string of the molecule is CN=C(NCc1cc(Oc2ccc(F)cc2)ccn1)NC(C)C.I. The van der Waals surface area contributed by atoms with Gasteiger partial charge in [-0.1, -0.05) is 0 Å². The molecule has 24 heavy (non-hydrogen) atoms. The zero-order valence-electron chi connectivity index (χ0n) is 13.9. The Hall–Kier alpha value is -1.90. The van der Waals surface area contributed by atoms with Crippen LogP contribution < -0.4 is 15.4 Å². The summed E-state index contributed by atoms with van der Waals surface area (Å²) in [6, 6.07) is 9.78. The van der Waals surface area contributed by atoms with Gasteiger partial charge < -0.3 is 15.4 Å². The van der Waals surface area contributed by atoms with Crippen molar-refractivity contribution in [1.29, 1.82) is 0 Å². The molecular formula is C17H22FIN4O. The number of benzene rings is 1. The summed E-state index contributed by atoms with van der Waals surface area (Å²) in [6.07, 6.45) is 1.68. The van der Waals surface area contributed by atoms with Crippen molar-refractivity contribution in [3.8, 4) is 11.5 Å². The highest BCUT2D eigenvalue weighted by Crippen LogP contribution is 2.21. The van der Waals surface area contributed by atoms with Crippen LogP contribution in [0.4, 0.5) is 4.39 Å². The van der Waals surface area contributed by atoms with Crippen molar-refractivity contribution in [2.75, 3.05) is 7.05 Å². The third-order valence-electron chi connectivity index (χ3n) is 2.92. The first-order valence-electron chi connectivity index (χ1n) is 7.42. The van der Waals surface area contributed by atoms with Crippen molar-refractivity contribution in [1.82, 2.24) is 15.6 Å². The van der Waals surface area contributed by atoms with Crippen LogP contribution in [0.3, 0.4) is 0 Å². The molecule has 0 aliphatic heterocycles. The molecular weight excluding hydrogens is 422 g/mol. The molecule has 1 aromatic heterocycles. The minimum absolute atomic E-state index is 0. The van der Waals surface area contributed by atoms with Crippen LogP contribution in [0.15, 0.2) is 47.6 Å². The number of guanidine groups is 1. The first-order valence-corrected chi connectivity index (χ1v) is 7.42. The average molecular weight is 444 g/mol. The van der Waals surface area contributed by atoms with E-state index in [1.807, 2.05) is 19.9 Å². The number of halogens is 2. The fourth-order valence-electron chi connectivity index (χ4n) is 1.90. The molecule has 1 heterocycles. The molecule has 0 amide bonds. The van der Waals surface area contributed by atoms with E-state index in [9.17, 15) is 4.39 Å². The molecule has 1 aromatic carbocycles. The fraction of sp³-hybridized carbons (Fsp3) is 0.294. The van der Waals surface area contributed by atoms with E-state index >= 15 is 0 Å². The van der Waals surface area contributed by atoms with Crippen molar-refractivity contribution in [3.05, 3.63) is 54.1 Å². The van der Waals surface area contributed by atoms with Gasteiger partial charge in [0.25, 0.3) is 0 Å². The van der Waals surface area contributed by atoms with E-state index in [0.717, 1.165) is 5.69 Å². The summed E-state index contributed by atoms with van der Waals surface area (Å²) in [7, 11) is 1.72. The molecule has 2 aromatic rings. The second-order valence-corrected chi connectivity index (χ2v) is 5.26. The predicted octanol–water partition coefficient (Wildman–Crippen LogP) is 3.70. The summed E-state index contributed by atoms with van der Waals surface area (Å²) in [6.45, 7) is 4.61. The van der Waals surface area contributed by atoms with E-state index in [1.165, 1.54) is 12.1 Å². The van der Waals surface area contributed by atoms with Gasteiger partial charge in [-0.25, -0.2) is 4.39 Å². The number of rotatable bonds is 5. The topological polar surface area (TPSA) is 58.5 Å². The normalized spacial score (nSPS) is 11.0. The van der Waals surface area contributed by atoms with E-state index in [1.54, 1.807) is 31.4 Å². The van der Waals surface area contributed by atoms with Crippen molar-refractivity contribution in [2.45, 2.75) is 26.4 Å². The minimum atomic E-state index is -0.291. The van der Waals surface area contributed by atoms with Gasteiger partial charge in [0.1, 0.15) is 17.3 Å². The molecule has 7 heteroatoms. The van der Waals surface area contributed by atoms with E-state index in [-0.39, 0.29) is 29.8 Å². The summed E-state index contributed by atoms with van der Waals surface area (Å²) in [5.74, 6) is 1.65. The van der Waals surface area contributed by atoms with Gasteiger partial charge in [-0.15, -0.1) is 24.0 Å². The van der Waals surface area contributed by atoms with Crippen LogP contribution >= 0.6 is 24.0 Å². The standard InChI is InChI=1S/C17H21FN4O.HI/c1-12(2)22-17(19-3)21-11-14-10-16(8-9-20-14)23-15-6-4-13(18)5-7-15;/h4-10,12H,11H2,1-3H3,(H2,19,21,22);1H. The lowest BCUT2D eigenvalue weighted by Crippen LogP contribution is -2.40. The van der Waals surface area contributed by atoms with Crippen molar-refractivity contribution >= 4 is 29.9 Å². The van der Waals surface area contributed by atoms with E-state index in [4.69, 9.17) is 4.74 Å². The van der Waals surface area contributed by atoms with Crippen LogP contribution in [-0.2, 0) is 6.54 Å². The summed E-state index contributed by atoms with van der Waals surface area (Å²) in [5, 5.41) is 6.39. The molecule has 0 radical (unpaired) electrons. The molecule has 0 saturated carbocycles. The predicted molar refractivity (Wildman–Crippen MR) is 105 cm³/mol. The Balaban J connectivity index is 0.00000288. The Labute approximate surface area is 158 Å². The van der Waals surface area contributed by atoms with Gasteiger partial charge >= 0.3 is 0 Å². The van der Waals surface area contributed by atoms with Gasteiger partial charge in [0.2, 0.25) is 0 Å². The summed E-state index contributed by atoms with van der Waals surface area (Å²) < 4.78 is 18.6. The fourth-order valence-corrected chi connectivity index (χ4v) is 1.90. The molecule has 0 saturated heterocycles. The maximum Gasteiger partial charge on any atom is 0.191 e. The zero-order chi connectivity index (χ0) is 16.7. The molecule has 0 aliphatic rings. The molecule has 0 atom stereocenters. The molecule has 0 unspecified atom stereocenters. The first-order chi connectivity index (χ1) is 11.1. The number of nitrogens with zero attached hydrogens (tertiary/aromatic N) is 2. The van der Waals surface area contributed by atoms with Crippen LogP contribution in [0.2, 0.25) is 0 Å². The molecule has 2 rings (SSSR count). The summed E-state index contributed by atoms with van der Waals surface area (Å²) in [5.41, 5.74) is 0.816. The van der Waals surface area contributed by atoms with E-state index < -0.39 is 0 Å². The van der Waals surface area contributed by atoms with Gasteiger partial charge in [-0.3, -0.25) is 9.98 Å². The summed E-state index contributed by atoms with van der Waals surface area (Å²) >= 11 is 0. The van der Waals surface area contributed by atoms with E-state index in [0.29, 0.717) is 30.0 Å². The Morgan fingerprint density at radius 3 is 2.54 bits per heavy atom. The number of hydrogen-bond donors (Lipinski definition) is 2. The van der Waals surface area contributed by atoms with Crippen molar-refractivity contribution < 1.29 is 9.13 Å². The monoisotopic (exact) mass is 444 g/mol. The number of ether oxygens (including phenoxy) is 1. The van der Waals surface area contributed by atoms with Crippen molar-refractivity contribution in [3.63, 3.8) is 0 Å². The molecule has 0 aliphatic carbocycles. The minimum Gasteiger partial charge on any atom is -0.457 e. The van der Waals surface area contributed by atoms with Crippen LogP contribution in [-0.4, -0.2) is 24.0 Å². The lowest BCUT2D eigenvalue weighted by molar-refractivity contribution is 0.478. The third kappa shape index (κ3) is 6.69. The van der Waals surface area contributed by atoms with Gasteiger partial charge in [0.15, 0.2) is 5.96 Å². The zero-order valence-corrected chi connectivity index (χ0v) is 16.2. The Morgan fingerprint density at radius 1 is 1.21 bits per heavy atom. The van der Waals surface area contributed by atoms with Crippen LogP contribution in [0.5, 0.6) is 11.5 Å². The highest BCUT2D eigenvalue weighted by Gasteiger charge is 2.03. The van der Waals surface area contributed by atoms with Crippen LogP contribution in [0.25, 0.3) is 0 Å². The highest BCUT2D eigenvalue weighted by atomic mass is 127. The molecule has 0 spiro atoms. The molecule has 5 nitrogen and oxygen atoms in total. The maximum absolute atomic E-state index is 12.9. The molecule has 0 fully saturated rings. The highest BCUT2D eigenvalue weighted by molar-refractivity contribution is 14.0. The Bertz CT molecular complexity index is 662. The van der Waals surface area contributed by atoms with Gasteiger partial charge in [0, 0.05) is 25.4 Å². The lowest BCUT2D eigenvalue weighted by atomic mass is 10.3. The van der Waals surface area contributed by atoms with Gasteiger partial charge in [0.05, 0.1) is 12.2 Å². The van der Waals surface area contributed by atoms with Crippen LogP contribution in [0, 0.1) is 5.82 Å². The van der Waals surface area contributed by atoms with Gasteiger partial charge in [-0.05, 0) is 44.2 Å². The smallest absolute Gasteiger partial charge is 0.191 e. The molecule has 130 valence electrons. The molecule has 2 N–H and O–H groups in total.